The average molecular weight is 538 g/mol. The normalized spacial score (nSPS) is 9.08. The zero-order chi connectivity index (χ0) is 30.0. The molecule has 0 atom stereocenters. The number of hydrogen-bond acceptors (Lipinski definition) is 6. The van der Waals surface area contributed by atoms with Crippen molar-refractivity contribution in [1.82, 2.24) is 4.98 Å². The van der Waals surface area contributed by atoms with Gasteiger partial charge in [0.05, 0.1) is 16.3 Å². The van der Waals surface area contributed by atoms with E-state index in [0.29, 0.717) is 16.7 Å². The van der Waals surface area contributed by atoms with Gasteiger partial charge in [-0.3, -0.25) is 29.8 Å². The van der Waals surface area contributed by atoms with Crippen molar-refractivity contribution in [1.29, 1.82) is 0 Å². The summed E-state index contributed by atoms with van der Waals surface area (Å²) in [7, 11) is 0. The predicted octanol–water partition coefficient (Wildman–Crippen LogP) is 7.40. The monoisotopic (exact) mass is 537 g/mol. The molecule has 0 aliphatic heterocycles. The van der Waals surface area contributed by atoms with Crippen LogP contribution in [0.1, 0.15) is 47.1 Å². The fourth-order valence-corrected chi connectivity index (χ4v) is 3.03. The van der Waals surface area contributed by atoms with Gasteiger partial charge in [0, 0.05) is 35.3 Å². The van der Waals surface area contributed by atoms with Crippen molar-refractivity contribution in [3.8, 4) is 11.1 Å². The number of aromatic amines is 1. The van der Waals surface area contributed by atoms with E-state index in [4.69, 9.17) is 5.11 Å². The van der Waals surface area contributed by atoms with Gasteiger partial charge < -0.3 is 10.1 Å². The summed E-state index contributed by atoms with van der Waals surface area (Å²) >= 11 is 0. The van der Waals surface area contributed by atoms with Crippen LogP contribution < -0.4 is 5.56 Å². The fraction of sp³-hybridized carbons (Fsp3) is 0.241. The van der Waals surface area contributed by atoms with Crippen LogP contribution >= 0.6 is 0 Å². The van der Waals surface area contributed by atoms with Crippen molar-refractivity contribution in [2.24, 2.45) is 0 Å². The van der Waals surface area contributed by atoms with Crippen molar-refractivity contribution in [2.45, 2.75) is 48.0 Å². The minimum Gasteiger partial charge on any atom is -0.481 e. The molecule has 4 rings (SSSR count). The van der Waals surface area contributed by atoms with Crippen LogP contribution in [-0.4, -0.2) is 25.9 Å². The Labute approximate surface area is 227 Å². The maximum atomic E-state index is 12.1. The summed E-state index contributed by atoms with van der Waals surface area (Å²) in [6, 6.07) is 20.7. The van der Waals surface area contributed by atoms with Gasteiger partial charge in [-0.25, -0.2) is 0 Å². The number of para-hydroxylation sites is 1. The summed E-state index contributed by atoms with van der Waals surface area (Å²) < 4.78 is 0. The van der Waals surface area contributed by atoms with Gasteiger partial charge >= 0.3 is 5.97 Å². The smallest absolute Gasteiger partial charge is 0.307 e. The standard InChI is InChI=1S/C15H10N2O3.C8H7NO4.3C2H6/c18-15-13(9-11-3-1-2-4-14(11)16-15)10-5-7-12(8-6-10)17(19)20;10-8(11)5-6-1-3-7(4-2-6)9(12)13;3*1-2/h1-9H,(H,16,18);1-4H,5H2,(H,10,11);3*1-2H3. The lowest BCUT2D eigenvalue weighted by Gasteiger charge is -2.03. The number of aromatic nitrogens is 1. The second kappa shape index (κ2) is 18.4. The number of benzene rings is 3. The van der Waals surface area contributed by atoms with E-state index in [1.54, 1.807) is 18.2 Å². The number of rotatable bonds is 5. The van der Waals surface area contributed by atoms with Gasteiger partial charge in [0.15, 0.2) is 0 Å². The zero-order valence-corrected chi connectivity index (χ0v) is 23.0. The minimum atomic E-state index is -0.950. The number of fused-ring (bicyclic) bond motifs is 1. The van der Waals surface area contributed by atoms with E-state index >= 15 is 0 Å². The Morgan fingerprint density at radius 1 is 0.769 bits per heavy atom. The molecule has 2 N–H and O–H groups in total. The first-order chi connectivity index (χ1) is 18.7. The van der Waals surface area contributed by atoms with E-state index in [2.05, 4.69) is 4.98 Å². The van der Waals surface area contributed by atoms with Crippen LogP contribution in [0, 0.1) is 20.2 Å². The van der Waals surface area contributed by atoms with E-state index in [-0.39, 0.29) is 23.4 Å². The fourth-order valence-electron chi connectivity index (χ4n) is 3.03. The Kier molecular flexibility index (Phi) is 16.1. The third-order valence-corrected chi connectivity index (χ3v) is 4.65. The zero-order valence-electron chi connectivity index (χ0n) is 23.0. The van der Waals surface area contributed by atoms with Crippen LogP contribution in [0.5, 0.6) is 0 Å². The molecule has 39 heavy (non-hydrogen) atoms. The number of H-pyrrole nitrogens is 1. The minimum absolute atomic E-state index is 0.00553. The lowest BCUT2D eigenvalue weighted by atomic mass is 10.0. The van der Waals surface area contributed by atoms with Crippen LogP contribution in [0.3, 0.4) is 0 Å². The van der Waals surface area contributed by atoms with Crippen molar-refractivity contribution < 1.29 is 19.7 Å². The molecule has 0 amide bonds. The SMILES string of the molecule is CC.CC.CC.O=C(O)Cc1ccc([N+](=O)[O-])cc1.O=c1[nH]c2ccccc2cc1-c1ccc([N+](=O)[O-])cc1. The van der Waals surface area contributed by atoms with Gasteiger partial charge in [-0.2, -0.15) is 0 Å². The van der Waals surface area contributed by atoms with Crippen molar-refractivity contribution in [3.63, 3.8) is 0 Å². The van der Waals surface area contributed by atoms with Gasteiger partial charge in [0.1, 0.15) is 0 Å². The highest BCUT2D eigenvalue weighted by molar-refractivity contribution is 5.83. The molecule has 4 aromatic rings. The summed E-state index contributed by atoms with van der Waals surface area (Å²) in [6.45, 7) is 12.0. The number of carbonyl (C=O) groups is 1. The van der Waals surface area contributed by atoms with Gasteiger partial charge in [0.2, 0.25) is 0 Å². The molecule has 10 nitrogen and oxygen atoms in total. The van der Waals surface area contributed by atoms with Gasteiger partial charge in [-0.15, -0.1) is 0 Å². The average Bonchev–Trinajstić information content (AvgIpc) is 2.96. The molecule has 0 unspecified atom stereocenters. The molecule has 1 heterocycles. The van der Waals surface area contributed by atoms with Crippen molar-refractivity contribution >= 4 is 28.2 Å². The number of nitro groups is 2. The maximum Gasteiger partial charge on any atom is 0.307 e. The molecular formula is C29H35N3O7. The molecule has 0 saturated heterocycles. The molecule has 0 aliphatic carbocycles. The molecule has 0 bridgehead atoms. The quantitative estimate of drug-likeness (QED) is 0.198. The first-order valence-electron chi connectivity index (χ1n) is 12.6. The summed E-state index contributed by atoms with van der Waals surface area (Å²) in [5.41, 5.74) is 2.24. The van der Waals surface area contributed by atoms with Crippen molar-refractivity contribution in [3.05, 3.63) is 115 Å². The van der Waals surface area contributed by atoms with E-state index in [9.17, 15) is 29.8 Å². The number of nitrogens with zero attached hydrogens (tertiary/aromatic N) is 2. The van der Waals surface area contributed by atoms with Gasteiger partial charge in [-0.1, -0.05) is 71.9 Å². The first-order valence-corrected chi connectivity index (χ1v) is 12.6. The van der Waals surface area contributed by atoms with E-state index in [1.165, 1.54) is 36.4 Å². The largest absolute Gasteiger partial charge is 0.481 e. The number of hydrogen-bond donors (Lipinski definition) is 2. The number of pyridine rings is 1. The predicted molar refractivity (Wildman–Crippen MR) is 155 cm³/mol. The Bertz CT molecular complexity index is 1380. The highest BCUT2D eigenvalue weighted by Crippen LogP contribution is 2.22. The summed E-state index contributed by atoms with van der Waals surface area (Å²) in [5.74, 6) is -0.950. The van der Waals surface area contributed by atoms with Crippen LogP contribution in [0.15, 0.2) is 83.7 Å². The Balaban J connectivity index is 0.000000661. The molecule has 0 radical (unpaired) electrons. The summed E-state index contributed by atoms with van der Waals surface area (Å²) in [6.07, 6.45) is -0.113. The van der Waals surface area contributed by atoms with Crippen LogP contribution in [-0.2, 0) is 11.2 Å². The topological polar surface area (TPSA) is 156 Å². The number of carboxylic acid groups (broad SMARTS) is 1. The number of non-ortho nitro benzene ring substituents is 2. The Morgan fingerprint density at radius 2 is 1.23 bits per heavy atom. The van der Waals surface area contributed by atoms with Gasteiger partial charge in [0.25, 0.3) is 16.9 Å². The first kappa shape index (κ1) is 34.1. The second-order valence-electron chi connectivity index (χ2n) is 6.90. The molecule has 0 saturated carbocycles. The summed E-state index contributed by atoms with van der Waals surface area (Å²) in [4.78, 5) is 45.0. The van der Waals surface area contributed by atoms with Crippen molar-refractivity contribution in [2.75, 3.05) is 0 Å². The number of carboxylic acids is 1. The van der Waals surface area contributed by atoms with Crippen LogP contribution in [0.2, 0.25) is 0 Å². The molecule has 0 fully saturated rings. The lowest BCUT2D eigenvalue weighted by Crippen LogP contribution is -2.08. The maximum absolute atomic E-state index is 12.1. The highest BCUT2D eigenvalue weighted by atomic mass is 16.6. The number of nitro benzene ring substituents is 2. The molecule has 0 spiro atoms. The molecule has 208 valence electrons. The lowest BCUT2D eigenvalue weighted by molar-refractivity contribution is -0.385. The van der Waals surface area contributed by atoms with Crippen LogP contribution in [0.25, 0.3) is 22.0 Å². The molecular weight excluding hydrogens is 502 g/mol. The number of aliphatic carboxylic acids is 1. The summed E-state index contributed by atoms with van der Waals surface area (Å²) in [5, 5.41) is 30.2. The number of nitrogens with one attached hydrogen (secondary N) is 1. The van der Waals surface area contributed by atoms with E-state index in [1.807, 2.05) is 65.8 Å². The van der Waals surface area contributed by atoms with E-state index in [0.717, 1.165) is 10.9 Å². The molecule has 1 aromatic heterocycles. The molecule has 10 heteroatoms. The third kappa shape index (κ3) is 11.0. The van der Waals surface area contributed by atoms with Gasteiger partial charge in [-0.05, 0) is 40.8 Å². The Hall–Kier alpha value is -4.86. The second-order valence-corrected chi connectivity index (χ2v) is 6.90. The third-order valence-electron chi connectivity index (χ3n) is 4.65. The van der Waals surface area contributed by atoms with Crippen LogP contribution in [0.4, 0.5) is 11.4 Å². The highest BCUT2D eigenvalue weighted by Gasteiger charge is 2.09. The molecule has 3 aromatic carbocycles. The Morgan fingerprint density at radius 3 is 1.69 bits per heavy atom. The van der Waals surface area contributed by atoms with E-state index < -0.39 is 15.8 Å². The molecule has 0 aliphatic rings.